The molecule has 1 aromatic carbocycles. The molecule has 9 heteroatoms. The molecule has 0 aliphatic carbocycles. The van der Waals surface area contributed by atoms with Gasteiger partial charge in [-0.05, 0) is 18.2 Å². The van der Waals surface area contributed by atoms with Crippen LogP contribution in [0.15, 0.2) is 30.3 Å². The van der Waals surface area contributed by atoms with Crippen molar-refractivity contribution in [2.45, 2.75) is 0 Å². The summed E-state index contributed by atoms with van der Waals surface area (Å²) in [5, 5.41) is 17.1. The van der Waals surface area contributed by atoms with Crippen LogP contribution < -0.4 is 5.73 Å². The lowest BCUT2D eigenvalue weighted by Gasteiger charge is -1.98. The molecule has 1 amide bonds. The molecule has 22 heavy (non-hydrogen) atoms. The Bertz CT molecular complexity index is 696. The smallest absolute Gasteiger partial charge is 0.336 e. The summed E-state index contributed by atoms with van der Waals surface area (Å²) in [6.45, 7) is 0. The fraction of sp³-hybridized carbons (Fsp3) is 0. The molecule has 0 aliphatic rings. The standard InChI is InChI=1S/C8H6O4.C5H3Cl2NOS/c9-7(10)5-3-1-2-4-6(5)8(11)12;6-3-1-2(5(8)9)4(7)10-3/h1-4H,(H,9,10)(H,11,12);1H,(H2,8,9). The van der Waals surface area contributed by atoms with Crippen LogP contribution in [0, 0.1) is 0 Å². The van der Waals surface area contributed by atoms with Crippen molar-refractivity contribution in [1.82, 2.24) is 0 Å². The van der Waals surface area contributed by atoms with Crippen molar-refractivity contribution in [2.75, 3.05) is 0 Å². The van der Waals surface area contributed by atoms with Crippen molar-refractivity contribution in [1.29, 1.82) is 0 Å². The highest BCUT2D eigenvalue weighted by Gasteiger charge is 2.13. The summed E-state index contributed by atoms with van der Waals surface area (Å²) < 4.78 is 0.816. The van der Waals surface area contributed by atoms with E-state index in [4.69, 9.17) is 39.1 Å². The van der Waals surface area contributed by atoms with E-state index in [2.05, 4.69) is 0 Å². The molecule has 0 aliphatic heterocycles. The minimum absolute atomic E-state index is 0.190. The number of amides is 1. The lowest BCUT2D eigenvalue weighted by molar-refractivity contribution is 0.0651. The molecule has 0 radical (unpaired) electrons. The summed E-state index contributed by atoms with van der Waals surface area (Å²) in [4.78, 5) is 31.4. The molecular formula is C13H9Cl2NO5S. The van der Waals surface area contributed by atoms with E-state index in [0.717, 1.165) is 11.3 Å². The van der Waals surface area contributed by atoms with Crippen molar-refractivity contribution in [3.8, 4) is 0 Å². The fourth-order valence-electron chi connectivity index (χ4n) is 1.36. The quantitative estimate of drug-likeness (QED) is 0.775. The van der Waals surface area contributed by atoms with Gasteiger partial charge < -0.3 is 15.9 Å². The highest BCUT2D eigenvalue weighted by atomic mass is 35.5. The molecule has 0 atom stereocenters. The first-order valence-corrected chi connectivity index (χ1v) is 7.11. The Morgan fingerprint density at radius 2 is 1.41 bits per heavy atom. The zero-order valence-electron chi connectivity index (χ0n) is 10.7. The van der Waals surface area contributed by atoms with Crippen molar-refractivity contribution >= 4 is 52.4 Å². The van der Waals surface area contributed by atoms with E-state index in [1.54, 1.807) is 0 Å². The van der Waals surface area contributed by atoms with Gasteiger partial charge >= 0.3 is 11.9 Å². The van der Waals surface area contributed by atoms with E-state index >= 15 is 0 Å². The van der Waals surface area contributed by atoms with Crippen molar-refractivity contribution in [3.05, 3.63) is 55.7 Å². The van der Waals surface area contributed by atoms with Crippen LogP contribution in [-0.4, -0.2) is 28.1 Å². The number of hydrogen-bond donors (Lipinski definition) is 3. The predicted octanol–water partition coefficient (Wildman–Crippen LogP) is 3.24. The SMILES string of the molecule is NC(=O)c1cc(Cl)sc1Cl.O=C(O)c1ccccc1C(=O)O. The highest BCUT2D eigenvalue weighted by Crippen LogP contribution is 2.30. The summed E-state index contributed by atoms with van der Waals surface area (Å²) in [6, 6.07) is 6.93. The molecule has 0 spiro atoms. The van der Waals surface area contributed by atoms with Gasteiger partial charge in [0, 0.05) is 0 Å². The average Bonchev–Trinajstić information content (AvgIpc) is 2.78. The molecule has 6 nitrogen and oxygen atoms in total. The van der Waals surface area contributed by atoms with Crippen LogP contribution in [0.3, 0.4) is 0 Å². The number of halogens is 2. The first-order chi connectivity index (χ1) is 10.2. The average molecular weight is 362 g/mol. The minimum Gasteiger partial charge on any atom is -0.478 e. The summed E-state index contributed by atoms with van der Waals surface area (Å²) in [5.74, 6) is -3.01. The second kappa shape index (κ2) is 7.79. The normalized spacial score (nSPS) is 9.55. The lowest BCUT2D eigenvalue weighted by atomic mass is 10.1. The van der Waals surface area contributed by atoms with Gasteiger partial charge in [0.2, 0.25) is 0 Å². The Balaban J connectivity index is 0.000000224. The molecule has 2 aromatic rings. The van der Waals surface area contributed by atoms with Crippen LogP contribution in [0.5, 0.6) is 0 Å². The molecule has 4 N–H and O–H groups in total. The van der Waals surface area contributed by atoms with E-state index in [-0.39, 0.29) is 16.7 Å². The van der Waals surface area contributed by atoms with Gasteiger partial charge in [-0.2, -0.15) is 0 Å². The van der Waals surface area contributed by atoms with Gasteiger partial charge in [-0.15, -0.1) is 11.3 Å². The summed E-state index contributed by atoms with van der Waals surface area (Å²) in [6.07, 6.45) is 0. The predicted molar refractivity (Wildman–Crippen MR) is 83.2 cm³/mol. The first kappa shape index (κ1) is 18.0. The molecule has 116 valence electrons. The van der Waals surface area contributed by atoms with Crippen LogP contribution in [-0.2, 0) is 0 Å². The van der Waals surface area contributed by atoms with Crippen LogP contribution in [0.2, 0.25) is 8.67 Å². The monoisotopic (exact) mass is 361 g/mol. The molecule has 1 aromatic heterocycles. The number of thiophene rings is 1. The number of carbonyl (C=O) groups is 3. The lowest BCUT2D eigenvalue weighted by Crippen LogP contribution is -2.09. The number of nitrogens with two attached hydrogens (primary N) is 1. The summed E-state index contributed by atoms with van der Waals surface area (Å²) in [5.41, 5.74) is 4.86. The second-order valence-electron chi connectivity index (χ2n) is 3.76. The topological polar surface area (TPSA) is 118 Å². The van der Waals surface area contributed by atoms with Crippen LogP contribution in [0.1, 0.15) is 31.1 Å². The third-order valence-electron chi connectivity index (χ3n) is 2.31. The highest BCUT2D eigenvalue weighted by molar-refractivity contribution is 7.20. The van der Waals surface area contributed by atoms with Gasteiger partial charge in [0.15, 0.2) is 0 Å². The maximum absolute atomic E-state index is 10.5. The molecule has 0 saturated carbocycles. The Morgan fingerprint density at radius 3 is 1.64 bits per heavy atom. The number of carbonyl (C=O) groups excluding carboxylic acids is 1. The molecule has 0 bridgehead atoms. The van der Waals surface area contributed by atoms with Crippen LogP contribution in [0.4, 0.5) is 0 Å². The van der Waals surface area contributed by atoms with Gasteiger partial charge in [-0.25, -0.2) is 9.59 Å². The third-order valence-corrected chi connectivity index (χ3v) is 3.80. The van der Waals surface area contributed by atoms with E-state index in [9.17, 15) is 14.4 Å². The van der Waals surface area contributed by atoms with Crippen molar-refractivity contribution in [2.24, 2.45) is 5.73 Å². The molecular weight excluding hydrogens is 353 g/mol. The number of aromatic carboxylic acids is 2. The Kier molecular flexibility index (Phi) is 6.36. The number of benzene rings is 1. The number of primary amides is 1. The largest absolute Gasteiger partial charge is 0.478 e. The van der Waals surface area contributed by atoms with Crippen molar-refractivity contribution < 1.29 is 24.6 Å². The summed E-state index contributed by atoms with van der Waals surface area (Å²) >= 11 is 12.2. The molecule has 1 heterocycles. The van der Waals surface area contributed by atoms with Gasteiger partial charge in [-0.3, -0.25) is 4.79 Å². The fourth-order valence-corrected chi connectivity index (χ4v) is 2.84. The van der Waals surface area contributed by atoms with Gasteiger partial charge in [-0.1, -0.05) is 35.3 Å². The third kappa shape index (κ3) is 4.73. The Hall–Kier alpha value is -2.09. The maximum atomic E-state index is 10.5. The zero-order chi connectivity index (χ0) is 16.9. The van der Waals surface area contributed by atoms with Gasteiger partial charge in [0.25, 0.3) is 5.91 Å². The van der Waals surface area contributed by atoms with Gasteiger partial charge in [0.1, 0.15) is 4.34 Å². The number of hydrogen-bond acceptors (Lipinski definition) is 4. The van der Waals surface area contributed by atoms with Crippen LogP contribution >= 0.6 is 34.5 Å². The van der Waals surface area contributed by atoms with E-state index < -0.39 is 17.8 Å². The second-order valence-corrected chi connectivity index (χ2v) is 6.04. The van der Waals surface area contributed by atoms with E-state index in [0.29, 0.717) is 8.67 Å². The maximum Gasteiger partial charge on any atom is 0.336 e. The molecule has 0 saturated heterocycles. The van der Waals surface area contributed by atoms with Crippen molar-refractivity contribution in [3.63, 3.8) is 0 Å². The van der Waals surface area contributed by atoms with Gasteiger partial charge in [0.05, 0.1) is 21.0 Å². The molecule has 2 rings (SSSR count). The molecule has 0 unspecified atom stereocenters. The molecule has 0 fully saturated rings. The van der Waals surface area contributed by atoms with E-state index in [1.165, 1.54) is 30.3 Å². The first-order valence-electron chi connectivity index (χ1n) is 5.54. The number of carboxylic acids is 2. The zero-order valence-corrected chi connectivity index (χ0v) is 13.1. The minimum atomic E-state index is -1.23. The van der Waals surface area contributed by atoms with Crippen LogP contribution in [0.25, 0.3) is 0 Å². The number of rotatable bonds is 3. The van der Waals surface area contributed by atoms with E-state index in [1.807, 2.05) is 0 Å². The summed E-state index contributed by atoms with van der Waals surface area (Å²) in [7, 11) is 0. The Morgan fingerprint density at radius 1 is 0.955 bits per heavy atom. The Labute approximate surface area is 138 Å². The number of carboxylic acid groups (broad SMARTS) is 2.